The summed E-state index contributed by atoms with van der Waals surface area (Å²) < 4.78 is 7.37. The van der Waals surface area contributed by atoms with Crippen LogP contribution in [-0.4, -0.2) is 33.8 Å². The van der Waals surface area contributed by atoms with Gasteiger partial charge in [-0.15, -0.1) is 0 Å². The first-order valence-electron chi connectivity index (χ1n) is 8.19. The first kappa shape index (κ1) is 15.8. The minimum atomic E-state index is -0.123. The van der Waals surface area contributed by atoms with Crippen molar-refractivity contribution < 1.29 is 9.53 Å². The molecule has 1 amide bonds. The summed E-state index contributed by atoms with van der Waals surface area (Å²) in [5.74, 6) is 1.35. The van der Waals surface area contributed by atoms with Crippen LogP contribution in [0.4, 0.5) is 0 Å². The van der Waals surface area contributed by atoms with Gasteiger partial charge < -0.3 is 10.1 Å². The number of hydrogen-bond acceptors (Lipinski definition) is 4. The van der Waals surface area contributed by atoms with Crippen LogP contribution < -0.4 is 10.1 Å². The van der Waals surface area contributed by atoms with Crippen molar-refractivity contribution >= 4 is 16.9 Å². The van der Waals surface area contributed by atoms with E-state index in [0.717, 1.165) is 22.3 Å². The van der Waals surface area contributed by atoms with E-state index >= 15 is 0 Å². The summed E-state index contributed by atoms with van der Waals surface area (Å²) in [5, 5.41) is 8.58. The lowest BCUT2D eigenvalue weighted by atomic mass is 10.1. The highest BCUT2D eigenvalue weighted by Gasteiger charge is 2.30. The Hall–Kier alpha value is -2.11. The molecule has 0 bridgehead atoms. The number of fused-ring (bicyclic) bond motifs is 1. The Morgan fingerprint density at radius 1 is 1.48 bits per heavy atom. The molecule has 1 fully saturated rings. The summed E-state index contributed by atoms with van der Waals surface area (Å²) in [7, 11) is 1.90. The molecule has 124 valence electrons. The molecule has 2 heterocycles. The van der Waals surface area contributed by atoms with Gasteiger partial charge in [0, 0.05) is 31.0 Å². The second kappa shape index (κ2) is 6.18. The molecule has 0 radical (unpaired) electrons. The smallest absolute Gasteiger partial charge is 0.258 e. The SMILES string of the molecule is Cc1cc(OCC(=O)NCC(C)C)nc2c1c(C1CC1)nn2C. The summed E-state index contributed by atoms with van der Waals surface area (Å²) in [6.07, 6.45) is 2.42. The summed E-state index contributed by atoms with van der Waals surface area (Å²) in [4.78, 5) is 16.3. The normalized spacial score (nSPS) is 14.5. The Morgan fingerprint density at radius 2 is 2.22 bits per heavy atom. The quantitative estimate of drug-likeness (QED) is 0.888. The molecule has 0 aromatic carbocycles. The number of hydrogen-bond donors (Lipinski definition) is 1. The molecule has 0 aliphatic heterocycles. The van der Waals surface area contributed by atoms with Gasteiger partial charge in [0.15, 0.2) is 12.3 Å². The van der Waals surface area contributed by atoms with Crippen molar-refractivity contribution in [3.8, 4) is 5.88 Å². The van der Waals surface area contributed by atoms with Gasteiger partial charge in [-0.25, -0.2) is 0 Å². The number of ether oxygens (including phenoxy) is 1. The zero-order valence-corrected chi connectivity index (χ0v) is 14.2. The molecule has 2 aromatic rings. The third-order valence-corrected chi connectivity index (χ3v) is 4.02. The molecule has 6 heteroatoms. The zero-order chi connectivity index (χ0) is 16.6. The van der Waals surface area contributed by atoms with Gasteiger partial charge >= 0.3 is 0 Å². The Bertz CT molecular complexity index is 732. The summed E-state index contributed by atoms with van der Waals surface area (Å²) >= 11 is 0. The minimum Gasteiger partial charge on any atom is -0.468 e. The van der Waals surface area contributed by atoms with Crippen molar-refractivity contribution in [1.29, 1.82) is 0 Å². The van der Waals surface area contributed by atoms with Crippen LogP contribution in [0.15, 0.2) is 6.07 Å². The molecular weight excluding hydrogens is 292 g/mol. The topological polar surface area (TPSA) is 69.0 Å². The predicted octanol–water partition coefficient (Wildman–Crippen LogP) is 2.31. The monoisotopic (exact) mass is 316 g/mol. The summed E-state index contributed by atoms with van der Waals surface area (Å²) in [6.45, 7) is 6.79. The van der Waals surface area contributed by atoms with Crippen LogP contribution in [-0.2, 0) is 11.8 Å². The molecule has 0 unspecified atom stereocenters. The number of amides is 1. The molecule has 6 nitrogen and oxygen atoms in total. The maximum atomic E-state index is 11.8. The number of rotatable bonds is 6. The van der Waals surface area contributed by atoms with E-state index in [4.69, 9.17) is 4.74 Å². The number of carbonyl (C=O) groups is 1. The van der Waals surface area contributed by atoms with Crippen molar-refractivity contribution in [2.45, 2.75) is 39.5 Å². The van der Waals surface area contributed by atoms with Gasteiger partial charge in [0.1, 0.15) is 0 Å². The van der Waals surface area contributed by atoms with E-state index in [1.54, 1.807) is 0 Å². The number of nitrogens with zero attached hydrogens (tertiary/aromatic N) is 3. The summed E-state index contributed by atoms with van der Waals surface area (Å²) in [6, 6.07) is 1.89. The largest absolute Gasteiger partial charge is 0.468 e. The van der Waals surface area contributed by atoms with E-state index in [0.29, 0.717) is 24.3 Å². The molecule has 0 atom stereocenters. The highest BCUT2D eigenvalue weighted by Crippen LogP contribution is 2.43. The Kier molecular flexibility index (Phi) is 4.24. The van der Waals surface area contributed by atoms with Gasteiger partial charge in [-0.05, 0) is 31.2 Å². The van der Waals surface area contributed by atoms with Crippen LogP contribution in [0, 0.1) is 12.8 Å². The average Bonchev–Trinajstić information content (AvgIpc) is 3.28. The van der Waals surface area contributed by atoms with E-state index in [9.17, 15) is 4.79 Å². The van der Waals surface area contributed by atoms with Crippen molar-refractivity contribution in [2.75, 3.05) is 13.2 Å². The van der Waals surface area contributed by atoms with E-state index < -0.39 is 0 Å². The van der Waals surface area contributed by atoms with Crippen LogP contribution in [0.1, 0.15) is 43.9 Å². The minimum absolute atomic E-state index is 0.0159. The molecule has 1 aliphatic rings. The molecule has 2 aromatic heterocycles. The number of aromatic nitrogens is 3. The number of pyridine rings is 1. The van der Waals surface area contributed by atoms with Gasteiger partial charge in [0.2, 0.25) is 5.88 Å². The fourth-order valence-corrected chi connectivity index (χ4v) is 2.66. The van der Waals surface area contributed by atoms with E-state index in [1.165, 1.54) is 12.8 Å². The first-order valence-corrected chi connectivity index (χ1v) is 8.19. The fourth-order valence-electron chi connectivity index (χ4n) is 2.66. The molecule has 0 saturated heterocycles. The Balaban J connectivity index is 1.75. The number of aryl methyl sites for hydroxylation is 2. The van der Waals surface area contributed by atoms with Crippen LogP contribution in [0.3, 0.4) is 0 Å². The van der Waals surface area contributed by atoms with E-state index in [2.05, 4.69) is 29.2 Å². The maximum absolute atomic E-state index is 11.8. The van der Waals surface area contributed by atoms with E-state index in [-0.39, 0.29) is 12.5 Å². The number of nitrogens with one attached hydrogen (secondary N) is 1. The van der Waals surface area contributed by atoms with Crippen LogP contribution >= 0.6 is 0 Å². The molecular formula is C17H24N4O2. The zero-order valence-electron chi connectivity index (χ0n) is 14.2. The second-order valence-corrected chi connectivity index (χ2v) is 6.75. The van der Waals surface area contributed by atoms with Gasteiger partial charge in [-0.3, -0.25) is 9.48 Å². The molecule has 3 rings (SSSR count). The van der Waals surface area contributed by atoms with Gasteiger partial charge in [-0.2, -0.15) is 10.1 Å². The second-order valence-electron chi connectivity index (χ2n) is 6.75. The molecule has 1 aliphatic carbocycles. The standard InChI is InChI=1S/C17H24N4O2/c1-10(2)8-18-13(22)9-23-14-7-11(3)15-16(12-5-6-12)20-21(4)17(15)19-14/h7,10,12H,5-6,8-9H2,1-4H3,(H,18,22). The third kappa shape index (κ3) is 3.46. The lowest BCUT2D eigenvalue weighted by molar-refractivity contribution is -0.123. The van der Waals surface area contributed by atoms with Gasteiger partial charge in [-0.1, -0.05) is 13.8 Å². The van der Waals surface area contributed by atoms with Crippen molar-refractivity contribution in [1.82, 2.24) is 20.1 Å². The Labute approximate surface area is 136 Å². The van der Waals surface area contributed by atoms with Crippen LogP contribution in [0.25, 0.3) is 11.0 Å². The number of carbonyl (C=O) groups excluding carboxylic acids is 1. The van der Waals surface area contributed by atoms with Crippen LogP contribution in [0.2, 0.25) is 0 Å². The maximum Gasteiger partial charge on any atom is 0.258 e. The molecule has 0 spiro atoms. The van der Waals surface area contributed by atoms with E-state index in [1.807, 2.05) is 24.7 Å². The van der Waals surface area contributed by atoms with Crippen molar-refractivity contribution in [3.05, 3.63) is 17.3 Å². The highest BCUT2D eigenvalue weighted by atomic mass is 16.5. The lowest BCUT2D eigenvalue weighted by Gasteiger charge is -2.09. The fraction of sp³-hybridized carbons (Fsp3) is 0.588. The van der Waals surface area contributed by atoms with Gasteiger partial charge in [0.05, 0.1) is 5.69 Å². The molecule has 1 N–H and O–H groups in total. The lowest BCUT2D eigenvalue weighted by Crippen LogP contribution is -2.31. The summed E-state index contributed by atoms with van der Waals surface area (Å²) in [5.41, 5.74) is 3.07. The van der Waals surface area contributed by atoms with Gasteiger partial charge in [0.25, 0.3) is 5.91 Å². The highest BCUT2D eigenvalue weighted by molar-refractivity contribution is 5.84. The predicted molar refractivity (Wildman–Crippen MR) is 88.6 cm³/mol. The first-order chi connectivity index (χ1) is 11.0. The average molecular weight is 316 g/mol. The molecule has 1 saturated carbocycles. The van der Waals surface area contributed by atoms with Crippen molar-refractivity contribution in [2.24, 2.45) is 13.0 Å². The van der Waals surface area contributed by atoms with Crippen molar-refractivity contribution in [3.63, 3.8) is 0 Å². The third-order valence-electron chi connectivity index (χ3n) is 4.02. The molecule has 23 heavy (non-hydrogen) atoms. The Morgan fingerprint density at radius 3 is 2.87 bits per heavy atom. The van der Waals surface area contributed by atoms with Crippen LogP contribution in [0.5, 0.6) is 5.88 Å².